The van der Waals surface area contributed by atoms with Gasteiger partial charge in [0.2, 0.25) is 5.91 Å². The van der Waals surface area contributed by atoms with E-state index in [2.05, 4.69) is 5.32 Å². The van der Waals surface area contributed by atoms with Gasteiger partial charge in [-0.05, 0) is 22.3 Å². The van der Waals surface area contributed by atoms with Gasteiger partial charge in [-0.1, -0.05) is 48.5 Å². The van der Waals surface area contributed by atoms with Crippen LogP contribution in [0.25, 0.3) is 11.1 Å². The molecule has 1 fully saturated rings. The second kappa shape index (κ2) is 9.82. The highest BCUT2D eigenvalue weighted by molar-refractivity contribution is 5.80. The molecule has 1 aliphatic carbocycles. The van der Waals surface area contributed by atoms with Gasteiger partial charge in [0.15, 0.2) is 5.60 Å². The van der Waals surface area contributed by atoms with Crippen LogP contribution < -0.4 is 5.32 Å². The van der Waals surface area contributed by atoms with Gasteiger partial charge in [-0.2, -0.15) is 0 Å². The number of carbonyl (C=O) groups excluding carboxylic acids is 2. The van der Waals surface area contributed by atoms with Crippen molar-refractivity contribution in [3.05, 3.63) is 59.7 Å². The molecule has 0 bridgehead atoms. The summed E-state index contributed by atoms with van der Waals surface area (Å²) in [5.74, 6) is -1.74. The fraction of sp³-hybridized carbons (Fsp3) is 0.400. The first kappa shape index (κ1) is 23.7. The number of benzene rings is 2. The van der Waals surface area contributed by atoms with Crippen LogP contribution >= 0.6 is 0 Å². The van der Waals surface area contributed by atoms with E-state index in [1.807, 2.05) is 48.5 Å². The molecule has 1 aliphatic heterocycles. The molecule has 9 nitrogen and oxygen atoms in total. The van der Waals surface area contributed by atoms with Crippen molar-refractivity contribution in [1.29, 1.82) is 0 Å². The minimum atomic E-state index is -1.82. The Hall–Kier alpha value is -3.43. The molecule has 1 atom stereocenters. The van der Waals surface area contributed by atoms with Crippen LogP contribution in [0.2, 0.25) is 0 Å². The number of nitrogens with one attached hydrogen (secondary N) is 1. The third-order valence-electron chi connectivity index (χ3n) is 6.58. The Kier molecular flexibility index (Phi) is 6.85. The van der Waals surface area contributed by atoms with Gasteiger partial charge in [-0.15, -0.1) is 0 Å². The number of carbonyl (C=O) groups is 3. The van der Waals surface area contributed by atoms with Crippen LogP contribution in [0, 0.1) is 0 Å². The van der Waals surface area contributed by atoms with Gasteiger partial charge in [-0.3, -0.25) is 4.79 Å². The number of aliphatic hydroxyl groups is 2. The lowest BCUT2D eigenvalue weighted by atomic mass is 9.91. The summed E-state index contributed by atoms with van der Waals surface area (Å²) < 4.78 is 5.42. The quantitative estimate of drug-likeness (QED) is 0.486. The van der Waals surface area contributed by atoms with Crippen molar-refractivity contribution >= 4 is 18.0 Å². The summed E-state index contributed by atoms with van der Waals surface area (Å²) in [7, 11) is 0. The van der Waals surface area contributed by atoms with Crippen molar-refractivity contribution in [2.45, 2.75) is 36.9 Å². The zero-order valence-corrected chi connectivity index (χ0v) is 18.6. The molecule has 0 saturated carbocycles. The highest BCUT2D eigenvalue weighted by atomic mass is 16.5. The van der Waals surface area contributed by atoms with Crippen molar-refractivity contribution in [2.24, 2.45) is 0 Å². The number of ether oxygens (including phenoxy) is 1. The van der Waals surface area contributed by atoms with Gasteiger partial charge in [-0.25, -0.2) is 9.59 Å². The van der Waals surface area contributed by atoms with E-state index in [9.17, 15) is 24.6 Å². The molecular weight excluding hydrogens is 440 g/mol. The Morgan fingerprint density at radius 1 is 1.03 bits per heavy atom. The monoisotopic (exact) mass is 468 g/mol. The highest BCUT2D eigenvalue weighted by Gasteiger charge is 2.40. The second-order valence-corrected chi connectivity index (χ2v) is 8.78. The van der Waals surface area contributed by atoms with Crippen molar-refractivity contribution in [3.8, 4) is 11.1 Å². The van der Waals surface area contributed by atoms with Crippen LogP contribution in [0.4, 0.5) is 4.79 Å². The summed E-state index contributed by atoms with van der Waals surface area (Å²) in [4.78, 5) is 37.1. The van der Waals surface area contributed by atoms with Gasteiger partial charge in [0.05, 0.1) is 12.5 Å². The molecule has 1 unspecified atom stereocenters. The lowest BCUT2D eigenvalue weighted by Crippen LogP contribution is -2.51. The van der Waals surface area contributed by atoms with Gasteiger partial charge in [0.25, 0.3) is 0 Å². The fourth-order valence-electron chi connectivity index (χ4n) is 4.59. The third-order valence-corrected chi connectivity index (χ3v) is 6.58. The first-order valence-corrected chi connectivity index (χ1v) is 11.3. The Balaban J connectivity index is 1.23. The molecule has 2 aromatic carbocycles. The Bertz CT molecular complexity index is 1030. The molecular formula is C25H28N2O7. The van der Waals surface area contributed by atoms with Crippen LogP contribution in [0.1, 0.15) is 36.3 Å². The molecule has 34 heavy (non-hydrogen) atoms. The first-order valence-electron chi connectivity index (χ1n) is 11.3. The molecule has 0 radical (unpaired) electrons. The number of aliphatic hydroxyl groups excluding tert-OH is 1. The van der Waals surface area contributed by atoms with Crippen molar-refractivity contribution in [1.82, 2.24) is 10.2 Å². The zero-order valence-electron chi connectivity index (χ0n) is 18.6. The Morgan fingerprint density at radius 3 is 2.15 bits per heavy atom. The van der Waals surface area contributed by atoms with E-state index < -0.39 is 23.8 Å². The van der Waals surface area contributed by atoms with E-state index in [1.54, 1.807) is 0 Å². The molecule has 2 amide bonds. The van der Waals surface area contributed by atoms with Crippen molar-refractivity contribution in [3.63, 3.8) is 0 Å². The molecule has 1 heterocycles. The summed E-state index contributed by atoms with van der Waals surface area (Å²) in [5.41, 5.74) is 2.62. The fourth-order valence-corrected chi connectivity index (χ4v) is 4.59. The smallest absolute Gasteiger partial charge is 0.407 e. The number of aliphatic carboxylic acids is 1. The number of rotatable bonds is 7. The molecule has 180 valence electrons. The number of amides is 2. The van der Waals surface area contributed by atoms with E-state index in [4.69, 9.17) is 9.84 Å². The Morgan fingerprint density at radius 2 is 1.59 bits per heavy atom. The number of likely N-dealkylation sites (tertiary alicyclic amines) is 1. The predicted octanol–water partition coefficient (Wildman–Crippen LogP) is 1.71. The molecule has 0 spiro atoms. The number of hydrogen-bond acceptors (Lipinski definition) is 6. The second-order valence-electron chi connectivity index (χ2n) is 8.78. The van der Waals surface area contributed by atoms with Crippen LogP contribution in [-0.4, -0.2) is 76.1 Å². The number of carboxylic acid groups (broad SMARTS) is 1. The third kappa shape index (κ3) is 4.90. The summed E-state index contributed by atoms with van der Waals surface area (Å²) in [6.07, 6.45) is -2.16. The van der Waals surface area contributed by atoms with Gasteiger partial charge in [0.1, 0.15) is 6.61 Å². The maximum absolute atomic E-state index is 12.4. The number of carboxylic acids is 1. The number of alkyl carbamates (subject to hydrolysis) is 1. The number of piperidine rings is 1. The van der Waals surface area contributed by atoms with Gasteiger partial charge in [0, 0.05) is 38.4 Å². The molecule has 2 aromatic rings. The average molecular weight is 469 g/mol. The number of hydrogen-bond donors (Lipinski definition) is 4. The SMILES string of the molecule is O=C(NCC(O)CC(=O)N1CCC(O)(C(=O)O)CC1)OCC1c2ccccc2-c2ccccc21. The van der Waals surface area contributed by atoms with E-state index in [0.29, 0.717) is 0 Å². The van der Waals surface area contributed by atoms with Crippen molar-refractivity contribution < 1.29 is 34.4 Å². The van der Waals surface area contributed by atoms with E-state index in [-0.39, 0.29) is 57.3 Å². The maximum Gasteiger partial charge on any atom is 0.407 e. The van der Waals surface area contributed by atoms with Crippen LogP contribution in [0.15, 0.2) is 48.5 Å². The lowest BCUT2D eigenvalue weighted by molar-refractivity contribution is -0.165. The standard InChI is InChI=1S/C25H28N2O7/c28-16(13-22(29)27-11-9-25(33,10-12-27)23(30)31)14-26-24(32)34-15-21-19-7-3-1-5-17(19)18-6-2-4-8-20(18)21/h1-8,16,21,28,33H,9-15H2,(H,26,32)(H,30,31). The maximum atomic E-state index is 12.4. The topological polar surface area (TPSA) is 136 Å². The lowest BCUT2D eigenvalue weighted by Gasteiger charge is -2.35. The van der Waals surface area contributed by atoms with Gasteiger partial charge < -0.3 is 30.3 Å². The predicted molar refractivity (Wildman–Crippen MR) is 122 cm³/mol. The highest BCUT2D eigenvalue weighted by Crippen LogP contribution is 2.44. The van der Waals surface area contributed by atoms with Crippen LogP contribution in [0.3, 0.4) is 0 Å². The molecule has 9 heteroatoms. The van der Waals surface area contributed by atoms with E-state index >= 15 is 0 Å². The summed E-state index contributed by atoms with van der Waals surface area (Å²) in [6.45, 7) is 0.173. The average Bonchev–Trinajstić information content (AvgIpc) is 3.15. The minimum absolute atomic E-state index is 0.0673. The Labute approximate surface area is 197 Å². The molecule has 1 saturated heterocycles. The van der Waals surface area contributed by atoms with E-state index in [1.165, 1.54) is 4.90 Å². The van der Waals surface area contributed by atoms with Crippen molar-refractivity contribution in [2.75, 3.05) is 26.2 Å². The number of fused-ring (bicyclic) bond motifs is 3. The summed E-state index contributed by atoms with van der Waals surface area (Å²) in [5, 5.41) is 31.7. The van der Waals surface area contributed by atoms with Crippen LogP contribution in [0.5, 0.6) is 0 Å². The zero-order chi connectivity index (χ0) is 24.3. The van der Waals surface area contributed by atoms with Crippen LogP contribution in [-0.2, 0) is 14.3 Å². The summed E-state index contributed by atoms with van der Waals surface area (Å²) in [6, 6.07) is 16.0. The first-order chi connectivity index (χ1) is 16.3. The number of nitrogens with zero attached hydrogens (tertiary/aromatic N) is 1. The minimum Gasteiger partial charge on any atom is -0.479 e. The van der Waals surface area contributed by atoms with E-state index in [0.717, 1.165) is 22.3 Å². The molecule has 2 aliphatic rings. The summed E-state index contributed by atoms with van der Waals surface area (Å²) >= 11 is 0. The van der Waals surface area contributed by atoms with Gasteiger partial charge >= 0.3 is 12.1 Å². The molecule has 0 aromatic heterocycles. The molecule has 4 rings (SSSR count). The normalized spacial score (nSPS) is 17.4. The largest absolute Gasteiger partial charge is 0.479 e. The molecule has 4 N–H and O–H groups in total.